The summed E-state index contributed by atoms with van der Waals surface area (Å²) in [6.45, 7) is 0. The molecule has 0 fully saturated rings. The molecule has 4 rings (SSSR count). The molecule has 0 unspecified atom stereocenters. The van der Waals surface area contributed by atoms with E-state index in [1.165, 1.54) is 31.5 Å². The number of carboxylic acid groups (broad SMARTS) is 1. The Balaban J connectivity index is 1.92. The number of fused-ring (bicyclic) bond motifs is 3. The lowest BCUT2D eigenvalue weighted by molar-refractivity contribution is 0.0699. The van der Waals surface area contributed by atoms with Crippen LogP contribution in [-0.4, -0.2) is 36.6 Å². The van der Waals surface area contributed by atoms with Crippen molar-refractivity contribution < 1.29 is 23.1 Å². The number of H-pyrrole nitrogens is 2. The fourth-order valence-electron chi connectivity index (χ4n) is 3.17. The number of aromatic nitrogens is 2. The second-order valence-corrected chi connectivity index (χ2v) is 7.91. The highest BCUT2D eigenvalue weighted by Gasteiger charge is 2.20. The quantitative estimate of drug-likeness (QED) is 0.396. The molecule has 0 bridgehead atoms. The van der Waals surface area contributed by atoms with E-state index >= 15 is 0 Å². The summed E-state index contributed by atoms with van der Waals surface area (Å²) in [6.07, 6.45) is 1.20. The molecule has 29 heavy (non-hydrogen) atoms. The molecule has 0 aliphatic heterocycles. The van der Waals surface area contributed by atoms with Gasteiger partial charge in [-0.05, 0) is 30.3 Å². The number of aromatic carboxylic acids is 1. The van der Waals surface area contributed by atoms with Gasteiger partial charge in [-0.3, -0.25) is 9.52 Å². The standard InChI is InChI=1S/C19H15N3O6S/c1-28-15-5-3-2-4-14(15)22-29(26,27)10-6-7-13-11(8-10)16-12(19(24)25)9-20-17(16)18(23)21-13/h2-9,20,22H,1H3,(H,21,23)(H,24,25). The van der Waals surface area contributed by atoms with E-state index in [0.29, 0.717) is 16.7 Å². The number of aromatic amines is 2. The molecular weight excluding hydrogens is 398 g/mol. The Bertz CT molecular complexity index is 1440. The van der Waals surface area contributed by atoms with Crippen LogP contribution in [0.15, 0.2) is 58.4 Å². The Hall–Kier alpha value is -3.79. The molecule has 0 aliphatic carbocycles. The molecule has 4 aromatic rings. The first-order chi connectivity index (χ1) is 13.8. The average molecular weight is 413 g/mol. The van der Waals surface area contributed by atoms with Gasteiger partial charge in [0.25, 0.3) is 15.6 Å². The van der Waals surface area contributed by atoms with Crippen LogP contribution in [0.1, 0.15) is 10.4 Å². The zero-order valence-corrected chi connectivity index (χ0v) is 15.8. The summed E-state index contributed by atoms with van der Waals surface area (Å²) < 4.78 is 33.4. The lowest BCUT2D eigenvalue weighted by Gasteiger charge is -2.12. The van der Waals surface area contributed by atoms with E-state index in [4.69, 9.17) is 4.74 Å². The number of hydrogen-bond acceptors (Lipinski definition) is 5. The molecule has 0 aliphatic rings. The molecule has 0 amide bonds. The van der Waals surface area contributed by atoms with E-state index in [1.807, 2.05) is 0 Å². The van der Waals surface area contributed by atoms with Crippen LogP contribution < -0.4 is 15.0 Å². The maximum absolute atomic E-state index is 12.9. The number of sulfonamides is 1. The number of carbonyl (C=O) groups is 1. The zero-order chi connectivity index (χ0) is 20.8. The smallest absolute Gasteiger partial charge is 0.337 e. The number of methoxy groups -OCH3 is 1. The monoisotopic (exact) mass is 413 g/mol. The third kappa shape index (κ3) is 3.09. The van der Waals surface area contributed by atoms with Gasteiger partial charge in [-0.1, -0.05) is 12.1 Å². The molecule has 0 atom stereocenters. The molecule has 9 nitrogen and oxygen atoms in total. The fourth-order valence-corrected chi connectivity index (χ4v) is 4.27. The predicted molar refractivity (Wildman–Crippen MR) is 107 cm³/mol. The third-order valence-corrected chi connectivity index (χ3v) is 5.87. The van der Waals surface area contributed by atoms with Crippen LogP contribution in [0, 0.1) is 0 Å². The lowest BCUT2D eigenvalue weighted by Crippen LogP contribution is -2.14. The number of benzene rings is 2. The maximum atomic E-state index is 12.9. The second-order valence-electron chi connectivity index (χ2n) is 6.22. The van der Waals surface area contributed by atoms with Crippen molar-refractivity contribution in [1.29, 1.82) is 0 Å². The molecule has 2 aromatic heterocycles. The molecule has 2 heterocycles. The summed E-state index contributed by atoms with van der Waals surface area (Å²) in [5, 5.41) is 9.86. The number of para-hydroxylation sites is 2. The van der Waals surface area contributed by atoms with Gasteiger partial charge in [0, 0.05) is 22.5 Å². The molecule has 10 heteroatoms. The van der Waals surface area contributed by atoms with Gasteiger partial charge in [-0.25, -0.2) is 13.2 Å². The molecule has 0 spiro atoms. The fraction of sp³-hybridized carbons (Fsp3) is 0.0526. The number of pyridine rings is 1. The van der Waals surface area contributed by atoms with Crippen LogP contribution in [-0.2, 0) is 10.0 Å². The van der Waals surface area contributed by atoms with Crippen LogP contribution in [0.3, 0.4) is 0 Å². The van der Waals surface area contributed by atoms with E-state index in [-0.39, 0.29) is 27.0 Å². The minimum Gasteiger partial charge on any atom is -0.495 e. The van der Waals surface area contributed by atoms with Crippen molar-refractivity contribution in [1.82, 2.24) is 9.97 Å². The summed E-state index contributed by atoms with van der Waals surface area (Å²) in [5.74, 6) is -0.883. The highest BCUT2D eigenvalue weighted by Crippen LogP contribution is 2.29. The van der Waals surface area contributed by atoms with Gasteiger partial charge in [0.2, 0.25) is 0 Å². The van der Waals surface area contributed by atoms with Crippen molar-refractivity contribution >= 4 is 43.5 Å². The van der Waals surface area contributed by atoms with Crippen molar-refractivity contribution in [2.24, 2.45) is 0 Å². The highest BCUT2D eigenvalue weighted by atomic mass is 32.2. The van der Waals surface area contributed by atoms with Gasteiger partial charge in [-0.2, -0.15) is 0 Å². The van der Waals surface area contributed by atoms with Crippen molar-refractivity contribution in [3.63, 3.8) is 0 Å². The van der Waals surface area contributed by atoms with Gasteiger partial charge in [0.15, 0.2) is 0 Å². The Morgan fingerprint density at radius 3 is 2.66 bits per heavy atom. The van der Waals surface area contributed by atoms with Gasteiger partial charge in [0.1, 0.15) is 11.3 Å². The molecule has 0 radical (unpaired) electrons. The van der Waals surface area contributed by atoms with Crippen molar-refractivity contribution in [3.8, 4) is 5.75 Å². The van der Waals surface area contributed by atoms with E-state index < -0.39 is 21.6 Å². The molecule has 2 aromatic carbocycles. The zero-order valence-electron chi connectivity index (χ0n) is 15.0. The van der Waals surface area contributed by atoms with E-state index in [1.54, 1.807) is 24.3 Å². The Labute approximate surface area is 164 Å². The SMILES string of the molecule is COc1ccccc1NS(=O)(=O)c1ccc2[nH]c(=O)c3[nH]cc(C(=O)O)c3c2c1. The number of ether oxygens (including phenoxy) is 1. The second kappa shape index (κ2) is 6.67. The Morgan fingerprint density at radius 2 is 1.93 bits per heavy atom. The van der Waals surface area contributed by atoms with Gasteiger partial charge in [-0.15, -0.1) is 0 Å². The van der Waals surface area contributed by atoms with Crippen LogP contribution in [0.25, 0.3) is 21.8 Å². The largest absolute Gasteiger partial charge is 0.495 e. The number of carboxylic acids is 1. The van der Waals surface area contributed by atoms with Crippen LogP contribution in [0.2, 0.25) is 0 Å². The minimum atomic E-state index is -4.01. The number of nitrogens with one attached hydrogen (secondary N) is 3. The first-order valence-electron chi connectivity index (χ1n) is 8.38. The van der Waals surface area contributed by atoms with Crippen LogP contribution >= 0.6 is 0 Å². The van der Waals surface area contributed by atoms with Crippen LogP contribution in [0.4, 0.5) is 5.69 Å². The first-order valence-corrected chi connectivity index (χ1v) is 9.86. The molecule has 0 saturated carbocycles. The van der Waals surface area contributed by atoms with Gasteiger partial charge < -0.3 is 19.8 Å². The number of hydrogen-bond donors (Lipinski definition) is 4. The molecule has 148 valence electrons. The first kappa shape index (κ1) is 18.6. The van der Waals surface area contributed by atoms with Crippen LogP contribution in [0.5, 0.6) is 5.75 Å². The average Bonchev–Trinajstić information content (AvgIpc) is 3.14. The molecular formula is C19H15N3O6S. The lowest BCUT2D eigenvalue weighted by atomic mass is 10.1. The van der Waals surface area contributed by atoms with E-state index in [9.17, 15) is 23.1 Å². The number of anilines is 1. The summed E-state index contributed by atoms with van der Waals surface area (Å²) in [7, 11) is -2.59. The number of rotatable bonds is 5. The summed E-state index contributed by atoms with van der Waals surface area (Å²) >= 11 is 0. The Kier molecular flexibility index (Phi) is 4.27. The topological polar surface area (TPSA) is 141 Å². The minimum absolute atomic E-state index is 0.0575. The van der Waals surface area contributed by atoms with Crippen molar-refractivity contribution in [2.75, 3.05) is 11.8 Å². The van der Waals surface area contributed by atoms with Crippen molar-refractivity contribution in [3.05, 3.63) is 64.6 Å². The highest BCUT2D eigenvalue weighted by molar-refractivity contribution is 7.92. The summed E-state index contributed by atoms with van der Waals surface area (Å²) in [6, 6.07) is 10.6. The van der Waals surface area contributed by atoms with Gasteiger partial charge >= 0.3 is 5.97 Å². The Morgan fingerprint density at radius 1 is 1.17 bits per heavy atom. The van der Waals surface area contributed by atoms with E-state index in [2.05, 4.69) is 14.7 Å². The summed E-state index contributed by atoms with van der Waals surface area (Å²) in [5.41, 5.74) is 0.0173. The molecule has 4 N–H and O–H groups in total. The van der Waals surface area contributed by atoms with Crippen molar-refractivity contribution in [2.45, 2.75) is 4.90 Å². The normalized spacial score (nSPS) is 11.6. The predicted octanol–water partition coefficient (Wildman–Crippen LogP) is 2.52. The van der Waals surface area contributed by atoms with E-state index in [0.717, 1.165) is 0 Å². The molecule has 0 saturated heterocycles. The van der Waals surface area contributed by atoms with Gasteiger partial charge in [0.05, 0.1) is 23.3 Å². The third-order valence-electron chi connectivity index (χ3n) is 4.51. The maximum Gasteiger partial charge on any atom is 0.337 e. The summed E-state index contributed by atoms with van der Waals surface area (Å²) in [4.78, 5) is 28.9.